The van der Waals surface area contributed by atoms with Crippen LogP contribution in [0, 0.1) is 5.92 Å². The first-order valence-corrected chi connectivity index (χ1v) is 9.12. The Balaban J connectivity index is 3.96. The van der Waals surface area contributed by atoms with Crippen LogP contribution >= 0.6 is 0 Å². The predicted octanol–water partition coefficient (Wildman–Crippen LogP) is 4.77. The molecule has 0 aromatic heterocycles. The lowest BCUT2D eigenvalue weighted by molar-refractivity contribution is 0.294. The molecule has 0 aliphatic rings. The molecule has 0 aliphatic carbocycles. The molecule has 94 valence electrons. The average Bonchev–Trinajstić information content (AvgIpc) is 2.08. The standard InChI is InChI=1S/C14H28OSi/c1-13(2)11-9-8-10-12-15-16(6,7)14(3,4)5/h8,11,13H,10,12H2,1-7H3. The van der Waals surface area contributed by atoms with Gasteiger partial charge in [0.15, 0.2) is 8.32 Å². The average molecular weight is 240 g/mol. The van der Waals surface area contributed by atoms with Crippen LogP contribution in [0.4, 0.5) is 0 Å². The van der Waals surface area contributed by atoms with Crippen molar-refractivity contribution in [3.05, 3.63) is 17.9 Å². The maximum atomic E-state index is 6.05. The van der Waals surface area contributed by atoms with Gasteiger partial charge in [-0.2, -0.15) is 0 Å². The Morgan fingerprint density at radius 1 is 1.25 bits per heavy atom. The quantitative estimate of drug-likeness (QED) is 0.382. The molecule has 0 bridgehead atoms. The molecule has 0 rings (SSSR count). The highest BCUT2D eigenvalue weighted by Crippen LogP contribution is 2.36. The van der Waals surface area contributed by atoms with Crippen LogP contribution in [0.5, 0.6) is 0 Å². The van der Waals surface area contributed by atoms with Crippen LogP contribution in [0.25, 0.3) is 0 Å². The Bertz CT molecular complexity index is 252. The summed E-state index contributed by atoms with van der Waals surface area (Å²) in [5, 5.41) is 0.310. The van der Waals surface area contributed by atoms with Gasteiger partial charge in [-0.3, -0.25) is 0 Å². The molecule has 0 amide bonds. The second-order valence-corrected chi connectivity index (χ2v) is 11.0. The third-order valence-corrected chi connectivity index (χ3v) is 7.62. The first kappa shape index (κ1) is 15.7. The predicted molar refractivity (Wildman–Crippen MR) is 75.3 cm³/mol. The van der Waals surface area contributed by atoms with Gasteiger partial charge in [0, 0.05) is 6.61 Å². The van der Waals surface area contributed by atoms with Crippen LogP contribution in [0.15, 0.2) is 17.9 Å². The summed E-state index contributed by atoms with van der Waals surface area (Å²) >= 11 is 0. The fourth-order valence-electron chi connectivity index (χ4n) is 0.933. The zero-order valence-corrected chi connectivity index (χ0v) is 13.1. The van der Waals surface area contributed by atoms with Gasteiger partial charge in [0.2, 0.25) is 0 Å². The van der Waals surface area contributed by atoms with Crippen molar-refractivity contribution in [1.29, 1.82) is 0 Å². The van der Waals surface area contributed by atoms with Crippen molar-refractivity contribution in [2.45, 2.75) is 59.2 Å². The zero-order chi connectivity index (χ0) is 12.8. The van der Waals surface area contributed by atoms with E-state index in [2.05, 4.69) is 65.6 Å². The Kier molecular flexibility index (Phi) is 6.31. The van der Waals surface area contributed by atoms with Gasteiger partial charge in [-0.1, -0.05) is 34.6 Å². The zero-order valence-electron chi connectivity index (χ0n) is 12.1. The molecule has 0 fully saturated rings. The van der Waals surface area contributed by atoms with E-state index in [1.807, 2.05) is 0 Å². The largest absolute Gasteiger partial charge is 0.416 e. The first-order valence-electron chi connectivity index (χ1n) is 6.22. The third kappa shape index (κ3) is 6.32. The van der Waals surface area contributed by atoms with Gasteiger partial charge < -0.3 is 4.43 Å². The van der Waals surface area contributed by atoms with Crippen LogP contribution in [0.3, 0.4) is 0 Å². The summed E-state index contributed by atoms with van der Waals surface area (Å²) in [7, 11) is -1.54. The van der Waals surface area contributed by atoms with Gasteiger partial charge in [-0.05, 0) is 42.6 Å². The second-order valence-electron chi connectivity index (χ2n) is 6.18. The Morgan fingerprint density at radius 3 is 2.25 bits per heavy atom. The van der Waals surface area contributed by atoms with E-state index in [1.165, 1.54) is 0 Å². The molecule has 0 spiro atoms. The lowest BCUT2D eigenvalue weighted by Gasteiger charge is -2.36. The summed E-state index contributed by atoms with van der Waals surface area (Å²) in [4.78, 5) is 0. The summed E-state index contributed by atoms with van der Waals surface area (Å²) < 4.78 is 6.05. The van der Waals surface area contributed by atoms with Crippen LogP contribution in [-0.4, -0.2) is 14.9 Å². The molecule has 0 saturated heterocycles. The van der Waals surface area contributed by atoms with E-state index in [4.69, 9.17) is 4.43 Å². The molecule has 0 aliphatic heterocycles. The smallest absolute Gasteiger partial charge is 0.191 e. The van der Waals surface area contributed by atoms with Crippen LogP contribution in [0.2, 0.25) is 18.1 Å². The SMILES string of the molecule is CC(C)C=C=CCCO[Si](C)(C)C(C)(C)C. The van der Waals surface area contributed by atoms with Gasteiger partial charge in [0.05, 0.1) is 0 Å². The molecule has 0 atom stereocenters. The van der Waals surface area contributed by atoms with Gasteiger partial charge >= 0.3 is 0 Å². The van der Waals surface area contributed by atoms with E-state index in [-0.39, 0.29) is 0 Å². The highest BCUT2D eigenvalue weighted by molar-refractivity contribution is 6.74. The summed E-state index contributed by atoms with van der Waals surface area (Å²) in [5.74, 6) is 0.581. The van der Waals surface area contributed by atoms with E-state index >= 15 is 0 Å². The van der Waals surface area contributed by atoms with Gasteiger partial charge in [0.1, 0.15) is 0 Å². The lowest BCUT2D eigenvalue weighted by atomic mass is 10.2. The molecular formula is C14H28OSi. The van der Waals surface area contributed by atoms with Crippen LogP contribution < -0.4 is 0 Å². The molecule has 0 radical (unpaired) electrons. The highest BCUT2D eigenvalue weighted by atomic mass is 28.4. The van der Waals surface area contributed by atoms with E-state index in [0.717, 1.165) is 13.0 Å². The van der Waals surface area contributed by atoms with Crippen molar-refractivity contribution in [1.82, 2.24) is 0 Å². The van der Waals surface area contributed by atoms with Gasteiger partial charge in [0.25, 0.3) is 0 Å². The minimum absolute atomic E-state index is 0.310. The molecule has 0 unspecified atom stereocenters. The van der Waals surface area contributed by atoms with Crippen molar-refractivity contribution >= 4 is 8.32 Å². The molecule has 0 aromatic carbocycles. The normalized spacial score (nSPS) is 12.5. The number of rotatable bonds is 5. The van der Waals surface area contributed by atoms with Crippen molar-refractivity contribution < 1.29 is 4.43 Å². The highest BCUT2D eigenvalue weighted by Gasteiger charge is 2.36. The van der Waals surface area contributed by atoms with Crippen LogP contribution in [0.1, 0.15) is 41.0 Å². The second kappa shape index (κ2) is 6.44. The fraction of sp³-hybridized carbons (Fsp3) is 0.786. The van der Waals surface area contributed by atoms with Gasteiger partial charge in [-0.15, -0.1) is 5.73 Å². The molecule has 2 heteroatoms. The molecule has 0 aromatic rings. The molecule has 0 heterocycles. The number of hydrogen-bond acceptors (Lipinski definition) is 1. The number of hydrogen-bond donors (Lipinski definition) is 0. The summed E-state index contributed by atoms with van der Waals surface area (Å²) in [6.07, 6.45) is 5.13. The Labute approximate surface area is 103 Å². The Hall–Kier alpha value is -0.303. The van der Waals surface area contributed by atoms with Crippen molar-refractivity contribution in [3.63, 3.8) is 0 Å². The minimum Gasteiger partial charge on any atom is -0.416 e. The van der Waals surface area contributed by atoms with Crippen molar-refractivity contribution in [2.24, 2.45) is 5.92 Å². The molecule has 16 heavy (non-hydrogen) atoms. The molecule has 1 nitrogen and oxygen atoms in total. The third-order valence-electron chi connectivity index (χ3n) is 3.08. The van der Waals surface area contributed by atoms with Crippen LogP contribution in [-0.2, 0) is 4.43 Å². The molecule has 0 N–H and O–H groups in total. The Morgan fingerprint density at radius 2 is 1.81 bits per heavy atom. The topological polar surface area (TPSA) is 9.23 Å². The summed E-state index contributed by atoms with van der Waals surface area (Å²) in [5.41, 5.74) is 3.20. The van der Waals surface area contributed by atoms with E-state index < -0.39 is 8.32 Å². The maximum Gasteiger partial charge on any atom is 0.191 e. The van der Waals surface area contributed by atoms with E-state index in [0.29, 0.717) is 11.0 Å². The monoisotopic (exact) mass is 240 g/mol. The van der Waals surface area contributed by atoms with Gasteiger partial charge in [-0.25, -0.2) is 0 Å². The van der Waals surface area contributed by atoms with E-state index in [9.17, 15) is 0 Å². The first-order chi connectivity index (χ1) is 7.17. The summed E-state index contributed by atoms with van der Waals surface area (Å²) in [6, 6.07) is 0. The van der Waals surface area contributed by atoms with Crippen molar-refractivity contribution in [3.8, 4) is 0 Å². The summed E-state index contributed by atoms with van der Waals surface area (Å²) in [6.45, 7) is 16.5. The molecule has 0 saturated carbocycles. The minimum atomic E-state index is -1.54. The maximum absolute atomic E-state index is 6.05. The van der Waals surface area contributed by atoms with Crippen molar-refractivity contribution in [2.75, 3.05) is 6.61 Å². The fourth-order valence-corrected chi connectivity index (χ4v) is 1.99. The molecular weight excluding hydrogens is 212 g/mol. The lowest BCUT2D eigenvalue weighted by Crippen LogP contribution is -2.40. The van der Waals surface area contributed by atoms with E-state index in [1.54, 1.807) is 0 Å².